The van der Waals surface area contributed by atoms with E-state index in [0.29, 0.717) is 6.54 Å². The third-order valence-electron chi connectivity index (χ3n) is 5.62. The second kappa shape index (κ2) is 14.2. The molecule has 2 N–H and O–H groups in total. The van der Waals surface area contributed by atoms with Crippen LogP contribution in [0.15, 0.2) is 47.5 Å². The number of nitrogens with zero attached hydrogens (tertiary/aromatic N) is 2. The van der Waals surface area contributed by atoms with Crippen molar-refractivity contribution in [3.8, 4) is 11.5 Å². The molecule has 0 atom stereocenters. The fraction of sp³-hybridized carbons (Fsp3) is 0.480. The first-order chi connectivity index (χ1) is 15.2. The molecule has 0 aromatic heterocycles. The molecule has 3 rings (SSSR count). The summed E-state index contributed by atoms with van der Waals surface area (Å²) in [6.07, 6.45) is 3.99. The molecule has 0 saturated carbocycles. The third kappa shape index (κ3) is 7.85. The second-order valence-electron chi connectivity index (χ2n) is 7.84. The van der Waals surface area contributed by atoms with Crippen molar-refractivity contribution in [3.05, 3.63) is 59.2 Å². The number of likely N-dealkylation sites (tertiary alicyclic amines) is 1. The quantitative estimate of drug-likeness (QED) is 0.272. The van der Waals surface area contributed by atoms with E-state index in [1.54, 1.807) is 14.2 Å². The van der Waals surface area contributed by atoms with Gasteiger partial charge < -0.3 is 20.1 Å². The molecule has 0 spiro atoms. The van der Waals surface area contributed by atoms with Gasteiger partial charge in [0.25, 0.3) is 0 Å². The molecule has 0 bridgehead atoms. The number of hydrogen-bond donors (Lipinski definition) is 2. The zero-order chi connectivity index (χ0) is 21.9. The number of benzene rings is 2. The van der Waals surface area contributed by atoms with Crippen LogP contribution in [-0.4, -0.2) is 44.7 Å². The van der Waals surface area contributed by atoms with Crippen LogP contribution in [0.3, 0.4) is 0 Å². The number of aliphatic imine (C=N–C) groups is 1. The molecule has 0 aliphatic carbocycles. The number of nitrogens with one attached hydrogen (secondary N) is 2. The largest absolute Gasteiger partial charge is 0.493 e. The van der Waals surface area contributed by atoms with Gasteiger partial charge in [-0.25, -0.2) is 4.99 Å². The molecule has 176 valence electrons. The van der Waals surface area contributed by atoms with Crippen molar-refractivity contribution in [3.63, 3.8) is 0 Å². The molecule has 1 aliphatic rings. The Morgan fingerprint density at radius 1 is 0.938 bits per heavy atom. The average molecular weight is 553 g/mol. The van der Waals surface area contributed by atoms with Gasteiger partial charge in [-0.2, -0.15) is 0 Å². The minimum absolute atomic E-state index is 0. The Kier molecular flexibility index (Phi) is 11.7. The molecule has 1 saturated heterocycles. The highest BCUT2D eigenvalue weighted by molar-refractivity contribution is 14.0. The monoisotopic (exact) mass is 552 g/mol. The van der Waals surface area contributed by atoms with E-state index >= 15 is 0 Å². The molecule has 0 amide bonds. The van der Waals surface area contributed by atoms with Crippen molar-refractivity contribution in [2.24, 2.45) is 4.99 Å². The second-order valence-corrected chi connectivity index (χ2v) is 7.84. The molecule has 0 unspecified atom stereocenters. The summed E-state index contributed by atoms with van der Waals surface area (Å²) in [6, 6.07) is 14.6. The van der Waals surface area contributed by atoms with Crippen molar-refractivity contribution >= 4 is 29.9 Å². The number of ether oxygens (including phenoxy) is 2. The predicted molar refractivity (Wildman–Crippen MR) is 142 cm³/mol. The van der Waals surface area contributed by atoms with Crippen LogP contribution in [0.4, 0.5) is 0 Å². The lowest BCUT2D eigenvalue weighted by atomic mass is 10.0. The highest BCUT2D eigenvalue weighted by Gasteiger charge is 2.12. The summed E-state index contributed by atoms with van der Waals surface area (Å²) < 4.78 is 10.7. The third-order valence-corrected chi connectivity index (χ3v) is 5.62. The maximum Gasteiger partial charge on any atom is 0.191 e. The van der Waals surface area contributed by atoms with E-state index < -0.39 is 0 Å². The van der Waals surface area contributed by atoms with Crippen molar-refractivity contribution in [1.29, 1.82) is 0 Å². The molecule has 1 fully saturated rings. The van der Waals surface area contributed by atoms with Crippen LogP contribution < -0.4 is 20.1 Å². The first kappa shape index (κ1) is 26.3. The first-order valence-electron chi connectivity index (χ1n) is 11.3. The van der Waals surface area contributed by atoms with Gasteiger partial charge in [0.2, 0.25) is 0 Å². The van der Waals surface area contributed by atoms with Gasteiger partial charge in [-0.3, -0.25) is 4.90 Å². The number of rotatable bonds is 9. The van der Waals surface area contributed by atoms with E-state index in [4.69, 9.17) is 14.5 Å². The summed E-state index contributed by atoms with van der Waals surface area (Å²) in [5.41, 5.74) is 3.79. The molecule has 1 heterocycles. The van der Waals surface area contributed by atoms with Gasteiger partial charge in [0.15, 0.2) is 17.5 Å². The minimum atomic E-state index is 0. The first-order valence-corrected chi connectivity index (χ1v) is 11.3. The average Bonchev–Trinajstić information content (AvgIpc) is 2.82. The van der Waals surface area contributed by atoms with Crippen molar-refractivity contribution in [2.45, 2.75) is 45.8 Å². The van der Waals surface area contributed by atoms with Crippen LogP contribution >= 0.6 is 24.0 Å². The summed E-state index contributed by atoms with van der Waals surface area (Å²) >= 11 is 0. The zero-order valence-electron chi connectivity index (χ0n) is 19.5. The molecule has 0 radical (unpaired) electrons. The summed E-state index contributed by atoms with van der Waals surface area (Å²) in [4.78, 5) is 7.33. The van der Waals surface area contributed by atoms with Crippen molar-refractivity contribution < 1.29 is 9.47 Å². The fourth-order valence-electron chi connectivity index (χ4n) is 3.91. The number of methoxy groups -OCH3 is 2. The van der Waals surface area contributed by atoms with E-state index in [1.807, 2.05) is 18.2 Å². The molecular weight excluding hydrogens is 515 g/mol. The van der Waals surface area contributed by atoms with Crippen molar-refractivity contribution in [1.82, 2.24) is 15.5 Å². The summed E-state index contributed by atoms with van der Waals surface area (Å²) in [5, 5.41) is 6.85. The van der Waals surface area contributed by atoms with E-state index in [0.717, 1.165) is 42.7 Å². The van der Waals surface area contributed by atoms with Gasteiger partial charge >= 0.3 is 0 Å². The zero-order valence-corrected chi connectivity index (χ0v) is 21.9. The maximum absolute atomic E-state index is 5.40. The minimum Gasteiger partial charge on any atom is -0.493 e. The van der Waals surface area contributed by atoms with Gasteiger partial charge in [0.1, 0.15) is 0 Å². The molecule has 2 aromatic rings. The van der Waals surface area contributed by atoms with Crippen LogP contribution in [0, 0.1) is 0 Å². The Bertz CT molecular complexity index is 854. The van der Waals surface area contributed by atoms with E-state index in [2.05, 4.69) is 46.7 Å². The van der Waals surface area contributed by atoms with Crippen LogP contribution in [0.25, 0.3) is 0 Å². The number of guanidine groups is 1. The Morgan fingerprint density at radius 3 is 2.34 bits per heavy atom. The van der Waals surface area contributed by atoms with Crippen molar-refractivity contribution in [2.75, 3.05) is 33.9 Å². The molecule has 1 aliphatic heterocycles. The lowest BCUT2D eigenvalue weighted by molar-refractivity contribution is 0.220. The highest BCUT2D eigenvalue weighted by atomic mass is 127. The normalized spacial score (nSPS) is 14.4. The van der Waals surface area contributed by atoms with Gasteiger partial charge in [-0.15, -0.1) is 24.0 Å². The van der Waals surface area contributed by atoms with E-state index in [1.165, 1.54) is 43.5 Å². The Hall–Kier alpha value is -2.00. The van der Waals surface area contributed by atoms with Gasteiger partial charge in [-0.1, -0.05) is 36.8 Å². The van der Waals surface area contributed by atoms with Crippen LogP contribution in [0.1, 0.15) is 42.9 Å². The molecule has 32 heavy (non-hydrogen) atoms. The molecule has 6 nitrogen and oxygen atoms in total. The standard InChI is InChI=1S/C25H36N4O2.HI/c1-4-26-25(27-17-20-12-13-23(30-2)24(16-20)31-3)28-18-21-10-6-7-11-22(21)19-29-14-8-5-9-15-29;/h6-7,10-13,16H,4-5,8-9,14-15,17-19H2,1-3H3,(H2,26,27,28);1H. The topological polar surface area (TPSA) is 58.1 Å². The molecule has 2 aromatic carbocycles. The predicted octanol–water partition coefficient (Wildman–Crippen LogP) is 4.56. The SMILES string of the molecule is CCNC(=NCc1ccc(OC)c(OC)c1)NCc1ccccc1CN1CCCCC1.I. The Labute approximate surface area is 209 Å². The lowest BCUT2D eigenvalue weighted by Gasteiger charge is -2.27. The molecular formula is C25H37IN4O2. The van der Waals surface area contributed by atoms with Crippen LogP contribution in [0.5, 0.6) is 11.5 Å². The summed E-state index contributed by atoms with van der Waals surface area (Å²) in [6.45, 7) is 7.64. The van der Waals surface area contributed by atoms with E-state index in [9.17, 15) is 0 Å². The lowest BCUT2D eigenvalue weighted by Crippen LogP contribution is -2.37. The van der Waals surface area contributed by atoms with E-state index in [-0.39, 0.29) is 24.0 Å². The fourth-order valence-corrected chi connectivity index (χ4v) is 3.91. The van der Waals surface area contributed by atoms with Gasteiger partial charge in [-0.05, 0) is 61.7 Å². The summed E-state index contributed by atoms with van der Waals surface area (Å²) in [5.74, 6) is 2.26. The number of halogens is 1. The number of hydrogen-bond acceptors (Lipinski definition) is 4. The maximum atomic E-state index is 5.40. The Balaban J connectivity index is 0.00000363. The van der Waals surface area contributed by atoms with Crippen LogP contribution in [0.2, 0.25) is 0 Å². The summed E-state index contributed by atoms with van der Waals surface area (Å²) in [7, 11) is 3.30. The van der Waals surface area contributed by atoms with Gasteiger partial charge in [0, 0.05) is 19.6 Å². The van der Waals surface area contributed by atoms with Crippen LogP contribution in [-0.2, 0) is 19.6 Å². The number of piperidine rings is 1. The smallest absolute Gasteiger partial charge is 0.191 e. The van der Waals surface area contributed by atoms with Gasteiger partial charge in [0.05, 0.1) is 20.8 Å². The Morgan fingerprint density at radius 2 is 1.66 bits per heavy atom. The molecule has 7 heteroatoms. The highest BCUT2D eigenvalue weighted by Crippen LogP contribution is 2.27.